The minimum absolute atomic E-state index is 0.186. The number of rotatable bonds is 9. The van der Waals surface area contributed by atoms with Crippen LogP contribution in [0.3, 0.4) is 0 Å². The molecule has 0 amide bonds. The molecule has 0 saturated carbocycles. The predicted octanol–water partition coefficient (Wildman–Crippen LogP) is 3.98. The number of para-hydroxylation sites is 2. The Balaban J connectivity index is 1.60. The average molecular weight is 424 g/mol. The first kappa shape index (κ1) is 20.6. The lowest BCUT2D eigenvalue weighted by Gasteiger charge is -2.17. The normalized spacial score (nSPS) is 18.6. The summed E-state index contributed by atoms with van der Waals surface area (Å²) in [6, 6.07) is 12.3. The lowest BCUT2D eigenvalue weighted by Crippen LogP contribution is -2.33. The predicted molar refractivity (Wildman–Crippen MR) is 110 cm³/mol. The van der Waals surface area contributed by atoms with Crippen molar-refractivity contribution in [3.63, 3.8) is 0 Å². The Hall–Kier alpha value is -2.09. The summed E-state index contributed by atoms with van der Waals surface area (Å²) in [6.45, 7) is 3.16. The lowest BCUT2D eigenvalue weighted by atomic mass is 10.2. The smallest absolute Gasteiger partial charge is 0.321 e. The van der Waals surface area contributed by atoms with Crippen LogP contribution in [0.15, 0.2) is 42.5 Å². The first-order valence-electron chi connectivity index (χ1n) is 8.95. The van der Waals surface area contributed by atoms with E-state index < -0.39 is 12.0 Å². The van der Waals surface area contributed by atoms with Crippen LogP contribution >= 0.6 is 23.4 Å². The SMILES string of the molecule is CCOc1ccccc1OCCOc1ccc(Cl)cc1C1NC(C(=O)O)CS1. The Morgan fingerprint density at radius 2 is 1.82 bits per heavy atom. The number of aliphatic carboxylic acids is 1. The summed E-state index contributed by atoms with van der Waals surface area (Å²) in [5.41, 5.74) is 0.830. The molecule has 2 aromatic carbocycles. The van der Waals surface area contributed by atoms with Crippen molar-refractivity contribution >= 4 is 29.3 Å². The van der Waals surface area contributed by atoms with Gasteiger partial charge in [-0.2, -0.15) is 0 Å². The molecule has 3 rings (SSSR count). The zero-order valence-corrected chi connectivity index (χ0v) is 17.0. The highest BCUT2D eigenvalue weighted by Gasteiger charge is 2.32. The van der Waals surface area contributed by atoms with Gasteiger partial charge in [-0.05, 0) is 37.3 Å². The maximum Gasteiger partial charge on any atom is 0.321 e. The van der Waals surface area contributed by atoms with Crippen LogP contribution in [-0.4, -0.2) is 42.7 Å². The van der Waals surface area contributed by atoms with Crippen LogP contribution in [0.5, 0.6) is 17.2 Å². The highest BCUT2D eigenvalue weighted by Crippen LogP contribution is 2.39. The summed E-state index contributed by atoms with van der Waals surface area (Å²) in [6.07, 6.45) is 0. The molecule has 150 valence electrons. The fourth-order valence-electron chi connectivity index (χ4n) is 2.80. The number of hydrogen-bond donors (Lipinski definition) is 2. The number of carbonyl (C=O) groups is 1. The number of carboxylic acids is 1. The Bertz CT molecular complexity index is 819. The van der Waals surface area contributed by atoms with Gasteiger partial charge in [-0.15, -0.1) is 11.8 Å². The molecule has 2 atom stereocenters. The van der Waals surface area contributed by atoms with E-state index in [-0.39, 0.29) is 5.37 Å². The van der Waals surface area contributed by atoms with Crippen LogP contribution < -0.4 is 19.5 Å². The van der Waals surface area contributed by atoms with E-state index >= 15 is 0 Å². The number of hydrogen-bond acceptors (Lipinski definition) is 6. The zero-order chi connectivity index (χ0) is 19.9. The van der Waals surface area contributed by atoms with Gasteiger partial charge < -0.3 is 19.3 Å². The Labute approximate surface area is 173 Å². The van der Waals surface area contributed by atoms with Crippen LogP contribution in [-0.2, 0) is 4.79 Å². The van der Waals surface area contributed by atoms with Crippen molar-refractivity contribution in [2.75, 3.05) is 25.6 Å². The minimum atomic E-state index is -0.860. The molecular weight excluding hydrogens is 402 g/mol. The van der Waals surface area contributed by atoms with E-state index in [1.807, 2.05) is 31.2 Å². The highest BCUT2D eigenvalue weighted by molar-refractivity contribution is 7.99. The first-order valence-corrected chi connectivity index (χ1v) is 10.4. The average Bonchev–Trinajstić information content (AvgIpc) is 3.18. The zero-order valence-electron chi connectivity index (χ0n) is 15.4. The molecule has 1 fully saturated rings. The second-order valence-electron chi connectivity index (χ2n) is 6.03. The highest BCUT2D eigenvalue weighted by atomic mass is 35.5. The third-order valence-electron chi connectivity index (χ3n) is 4.08. The summed E-state index contributed by atoms with van der Waals surface area (Å²) in [4.78, 5) is 11.2. The van der Waals surface area contributed by atoms with Crippen molar-refractivity contribution in [2.24, 2.45) is 0 Å². The van der Waals surface area contributed by atoms with E-state index in [1.54, 1.807) is 18.2 Å². The van der Waals surface area contributed by atoms with Crippen molar-refractivity contribution in [3.05, 3.63) is 53.1 Å². The number of ether oxygens (including phenoxy) is 3. The topological polar surface area (TPSA) is 77.0 Å². The molecule has 0 spiro atoms. The number of carboxylic acid groups (broad SMARTS) is 1. The maximum absolute atomic E-state index is 11.2. The van der Waals surface area contributed by atoms with Crippen LogP contribution in [0.1, 0.15) is 17.9 Å². The van der Waals surface area contributed by atoms with Gasteiger partial charge in [0.25, 0.3) is 0 Å². The van der Waals surface area contributed by atoms with Crippen molar-refractivity contribution < 1.29 is 24.1 Å². The van der Waals surface area contributed by atoms with E-state index in [9.17, 15) is 9.90 Å². The molecule has 8 heteroatoms. The monoisotopic (exact) mass is 423 g/mol. The second-order valence-corrected chi connectivity index (χ2v) is 7.60. The Morgan fingerprint density at radius 3 is 2.46 bits per heavy atom. The van der Waals surface area contributed by atoms with Crippen LogP contribution in [0.4, 0.5) is 0 Å². The summed E-state index contributed by atoms with van der Waals surface area (Å²) >= 11 is 7.66. The number of nitrogens with one attached hydrogen (secondary N) is 1. The van der Waals surface area contributed by atoms with Gasteiger partial charge in [-0.25, -0.2) is 0 Å². The van der Waals surface area contributed by atoms with Crippen LogP contribution in [0, 0.1) is 0 Å². The van der Waals surface area contributed by atoms with Gasteiger partial charge in [0.15, 0.2) is 11.5 Å². The Morgan fingerprint density at radius 1 is 1.14 bits per heavy atom. The molecule has 28 heavy (non-hydrogen) atoms. The number of thioether (sulfide) groups is 1. The first-order chi connectivity index (χ1) is 13.6. The van der Waals surface area contributed by atoms with Gasteiger partial charge in [0.1, 0.15) is 25.0 Å². The fourth-order valence-corrected chi connectivity index (χ4v) is 4.23. The second kappa shape index (κ2) is 9.91. The molecule has 1 aliphatic heterocycles. The van der Waals surface area contributed by atoms with Gasteiger partial charge >= 0.3 is 5.97 Å². The van der Waals surface area contributed by atoms with E-state index in [0.29, 0.717) is 47.8 Å². The lowest BCUT2D eigenvalue weighted by molar-refractivity contribution is -0.138. The molecule has 1 aliphatic rings. The van der Waals surface area contributed by atoms with E-state index in [1.165, 1.54) is 11.8 Å². The molecule has 0 radical (unpaired) electrons. The Kier molecular flexibility index (Phi) is 7.30. The molecule has 2 unspecified atom stereocenters. The molecule has 2 aromatic rings. The summed E-state index contributed by atoms with van der Waals surface area (Å²) < 4.78 is 17.2. The summed E-state index contributed by atoms with van der Waals surface area (Å²) in [5, 5.41) is 12.7. The number of halogens is 1. The third kappa shape index (κ3) is 5.25. The van der Waals surface area contributed by atoms with Gasteiger partial charge in [-0.3, -0.25) is 10.1 Å². The van der Waals surface area contributed by atoms with Gasteiger partial charge in [0.05, 0.1) is 12.0 Å². The standard InChI is InChI=1S/C20H22ClNO5S/c1-2-25-17-5-3-4-6-18(17)27-10-9-26-16-8-7-13(21)11-14(16)19-22-15(12-28-19)20(23)24/h3-8,11,15,19,22H,2,9-10,12H2,1H3,(H,23,24). The molecule has 1 heterocycles. The maximum atomic E-state index is 11.2. The molecule has 0 aliphatic carbocycles. The van der Waals surface area contributed by atoms with Crippen molar-refractivity contribution in [2.45, 2.75) is 18.3 Å². The minimum Gasteiger partial charge on any atom is -0.490 e. The van der Waals surface area contributed by atoms with E-state index in [0.717, 1.165) is 5.56 Å². The summed E-state index contributed by atoms with van der Waals surface area (Å²) in [5.74, 6) is 1.65. The van der Waals surface area contributed by atoms with Crippen LogP contribution in [0.2, 0.25) is 5.02 Å². The number of benzene rings is 2. The van der Waals surface area contributed by atoms with E-state index in [4.69, 9.17) is 25.8 Å². The quantitative estimate of drug-likeness (QED) is 0.590. The summed E-state index contributed by atoms with van der Waals surface area (Å²) in [7, 11) is 0. The van der Waals surface area contributed by atoms with Crippen molar-refractivity contribution in [1.29, 1.82) is 0 Å². The third-order valence-corrected chi connectivity index (χ3v) is 5.57. The molecular formula is C20H22ClNO5S. The molecule has 1 saturated heterocycles. The van der Waals surface area contributed by atoms with Gasteiger partial charge in [-0.1, -0.05) is 23.7 Å². The largest absolute Gasteiger partial charge is 0.490 e. The van der Waals surface area contributed by atoms with E-state index in [2.05, 4.69) is 5.32 Å². The van der Waals surface area contributed by atoms with Crippen molar-refractivity contribution in [3.8, 4) is 17.2 Å². The van der Waals surface area contributed by atoms with Crippen LogP contribution in [0.25, 0.3) is 0 Å². The molecule has 0 bridgehead atoms. The van der Waals surface area contributed by atoms with Gasteiger partial charge in [0, 0.05) is 16.3 Å². The van der Waals surface area contributed by atoms with Gasteiger partial charge in [0.2, 0.25) is 0 Å². The van der Waals surface area contributed by atoms with Crippen molar-refractivity contribution in [1.82, 2.24) is 5.32 Å². The fraction of sp³-hybridized carbons (Fsp3) is 0.350. The molecule has 6 nitrogen and oxygen atoms in total. The molecule has 2 N–H and O–H groups in total. The molecule has 0 aromatic heterocycles.